The number of carbonyl (C=O) groups is 2. The average Bonchev–Trinajstić information content (AvgIpc) is 2.56. The predicted molar refractivity (Wildman–Crippen MR) is 97.1 cm³/mol. The van der Waals surface area contributed by atoms with Crippen LogP contribution in [-0.4, -0.2) is 24.2 Å². The highest BCUT2D eigenvalue weighted by atomic mass is 16.6. The normalized spacial score (nSPS) is 11.4. The molecule has 0 aliphatic carbocycles. The maximum absolute atomic E-state index is 11.6. The van der Waals surface area contributed by atoms with Crippen LogP contribution in [0.25, 0.3) is 16.8 Å². The van der Waals surface area contributed by atoms with Gasteiger partial charge in [0.05, 0.1) is 7.11 Å². The van der Waals surface area contributed by atoms with Crippen LogP contribution in [0.15, 0.2) is 29.8 Å². The second-order valence-corrected chi connectivity index (χ2v) is 5.81. The van der Waals surface area contributed by atoms with Crippen molar-refractivity contribution >= 4 is 28.8 Å². The molecule has 0 saturated heterocycles. The van der Waals surface area contributed by atoms with Gasteiger partial charge in [-0.3, -0.25) is 4.79 Å². The molecular formula is C20H22O5. The Labute approximate surface area is 146 Å². The Bertz CT molecular complexity index is 849. The van der Waals surface area contributed by atoms with E-state index in [9.17, 15) is 14.7 Å². The van der Waals surface area contributed by atoms with Crippen molar-refractivity contribution < 1.29 is 24.2 Å². The van der Waals surface area contributed by atoms with Crippen LogP contribution >= 0.6 is 0 Å². The fourth-order valence-electron chi connectivity index (χ4n) is 2.81. The van der Waals surface area contributed by atoms with Gasteiger partial charge in [0.1, 0.15) is 0 Å². The topological polar surface area (TPSA) is 72.8 Å². The predicted octanol–water partition coefficient (Wildman–Crippen LogP) is 4.21. The molecule has 0 radical (unpaired) electrons. The number of fused-ring (bicyclic) bond motifs is 1. The first kappa shape index (κ1) is 18.5. The number of carboxylic acids is 1. The number of hydrogen-bond acceptors (Lipinski definition) is 4. The highest BCUT2D eigenvalue weighted by molar-refractivity contribution is 6.03. The van der Waals surface area contributed by atoms with E-state index in [4.69, 9.17) is 9.47 Å². The van der Waals surface area contributed by atoms with Crippen LogP contribution in [0.4, 0.5) is 0 Å². The average molecular weight is 342 g/mol. The van der Waals surface area contributed by atoms with Gasteiger partial charge in [-0.15, -0.1) is 0 Å². The van der Waals surface area contributed by atoms with Crippen molar-refractivity contribution in [2.45, 2.75) is 33.6 Å². The lowest BCUT2D eigenvalue weighted by Crippen LogP contribution is -2.05. The van der Waals surface area contributed by atoms with Gasteiger partial charge in [-0.25, -0.2) is 4.79 Å². The third-order valence-electron chi connectivity index (χ3n) is 3.89. The highest BCUT2D eigenvalue weighted by Gasteiger charge is 2.18. The molecule has 2 aromatic rings. The van der Waals surface area contributed by atoms with E-state index in [0.29, 0.717) is 17.1 Å². The molecule has 2 rings (SSSR count). The molecule has 0 aliphatic rings. The maximum Gasteiger partial charge on any atom is 0.331 e. The standard InChI is InChI=1S/C20H22O5/c1-5-7-14-8-6-9-16-15(10-12(2)20(22)23)11-17(24-4)19(18(14)16)25-13(3)21/h6,8-11H,5,7H2,1-4H3,(H,22,23). The molecule has 0 bridgehead atoms. The Morgan fingerprint density at radius 2 is 1.96 bits per heavy atom. The Hall–Kier alpha value is -2.82. The van der Waals surface area contributed by atoms with E-state index >= 15 is 0 Å². The van der Waals surface area contributed by atoms with Crippen molar-refractivity contribution in [2.24, 2.45) is 0 Å². The van der Waals surface area contributed by atoms with Crippen LogP contribution in [0, 0.1) is 0 Å². The summed E-state index contributed by atoms with van der Waals surface area (Å²) in [4.78, 5) is 22.8. The summed E-state index contributed by atoms with van der Waals surface area (Å²) in [6, 6.07) is 7.49. The number of methoxy groups -OCH3 is 1. The van der Waals surface area contributed by atoms with Crippen LogP contribution in [0.3, 0.4) is 0 Å². The van der Waals surface area contributed by atoms with E-state index in [-0.39, 0.29) is 5.57 Å². The molecule has 0 saturated carbocycles. The van der Waals surface area contributed by atoms with Crippen molar-refractivity contribution in [1.29, 1.82) is 0 Å². The van der Waals surface area contributed by atoms with Crippen molar-refractivity contribution in [3.8, 4) is 11.5 Å². The molecule has 0 fully saturated rings. The van der Waals surface area contributed by atoms with Gasteiger partial charge >= 0.3 is 11.9 Å². The summed E-state index contributed by atoms with van der Waals surface area (Å²) < 4.78 is 10.9. The Morgan fingerprint density at radius 1 is 1.24 bits per heavy atom. The van der Waals surface area contributed by atoms with Crippen LogP contribution in [0.2, 0.25) is 0 Å². The highest BCUT2D eigenvalue weighted by Crippen LogP contribution is 2.41. The molecule has 0 heterocycles. The molecule has 0 unspecified atom stereocenters. The van der Waals surface area contributed by atoms with E-state index in [1.54, 1.807) is 12.1 Å². The lowest BCUT2D eigenvalue weighted by Gasteiger charge is -2.16. The summed E-state index contributed by atoms with van der Waals surface area (Å²) in [6.07, 6.45) is 3.33. The van der Waals surface area contributed by atoms with Crippen molar-refractivity contribution in [2.75, 3.05) is 7.11 Å². The minimum absolute atomic E-state index is 0.212. The van der Waals surface area contributed by atoms with Crippen LogP contribution in [0.5, 0.6) is 11.5 Å². The van der Waals surface area contributed by atoms with Gasteiger partial charge in [-0.2, -0.15) is 0 Å². The van der Waals surface area contributed by atoms with E-state index in [1.807, 2.05) is 18.2 Å². The van der Waals surface area contributed by atoms with Crippen molar-refractivity contribution in [3.63, 3.8) is 0 Å². The third-order valence-corrected chi connectivity index (χ3v) is 3.89. The Kier molecular flexibility index (Phi) is 5.80. The summed E-state index contributed by atoms with van der Waals surface area (Å²) in [5.41, 5.74) is 1.95. The van der Waals surface area contributed by atoms with Gasteiger partial charge < -0.3 is 14.6 Å². The van der Waals surface area contributed by atoms with E-state index in [2.05, 4.69) is 6.92 Å². The van der Waals surface area contributed by atoms with Gasteiger partial charge in [0.2, 0.25) is 0 Å². The number of benzene rings is 2. The number of aliphatic carboxylic acids is 1. The summed E-state index contributed by atoms with van der Waals surface area (Å²) in [5.74, 6) is -0.647. The van der Waals surface area contributed by atoms with Gasteiger partial charge in [0.15, 0.2) is 11.5 Å². The van der Waals surface area contributed by atoms with Gasteiger partial charge in [0, 0.05) is 17.9 Å². The maximum atomic E-state index is 11.6. The van der Waals surface area contributed by atoms with E-state index < -0.39 is 11.9 Å². The van der Waals surface area contributed by atoms with Gasteiger partial charge in [0.25, 0.3) is 0 Å². The van der Waals surface area contributed by atoms with Crippen LogP contribution in [-0.2, 0) is 16.0 Å². The minimum atomic E-state index is -0.985. The Morgan fingerprint density at radius 3 is 2.52 bits per heavy atom. The molecule has 0 spiro atoms. The second-order valence-electron chi connectivity index (χ2n) is 5.81. The largest absolute Gasteiger partial charge is 0.493 e. The zero-order chi connectivity index (χ0) is 18.6. The number of esters is 1. The number of aryl methyl sites for hydroxylation is 1. The summed E-state index contributed by atoms with van der Waals surface area (Å²) >= 11 is 0. The number of hydrogen-bond donors (Lipinski definition) is 1. The molecule has 0 atom stereocenters. The zero-order valence-electron chi connectivity index (χ0n) is 14.9. The van der Waals surface area contributed by atoms with E-state index in [0.717, 1.165) is 29.2 Å². The fourth-order valence-corrected chi connectivity index (χ4v) is 2.81. The minimum Gasteiger partial charge on any atom is -0.493 e. The molecule has 2 aromatic carbocycles. The third kappa shape index (κ3) is 3.99. The quantitative estimate of drug-likeness (QED) is 0.483. The first-order valence-electron chi connectivity index (χ1n) is 8.11. The van der Waals surface area contributed by atoms with E-state index in [1.165, 1.54) is 21.0 Å². The zero-order valence-corrected chi connectivity index (χ0v) is 14.9. The Balaban J connectivity index is 2.89. The lowest BCUT2D eigenvalue weighted by molar-refractivity contribution is -0.133. The molecule has 1 N–H and O–H groups in total. The van der Waals surface area contributed by atoms with Gasteiger partial charge in [-0.1, -0.05) is 31.5 Å². The lowest BCUT2D eigenvalue weighted by atomic mass is 9.95. The molecule has 0 aliphatic heterocycles. The smallest absolute Gasteiger partial charge is 0.331 e. The number of ether oxygens (including phenoxy) is 2. The number of carboxylic acid groups (broad SMARTS) is 1. The molecule has 0 amide bonds. The molecule has 132 valence electrons. The fraction of sp³-hybridized carbons (Fsp3) is 0.300. The monoisotopic (exact) mass is 342 g/mol. The second kappa shape index (κ2) is 7.83. The molecule has 5 nitrogen and oxygen atoms in total. The first-order chi connectivity index (χ1) is 11.9. The molecule has 0 aromatic heterocycles. The van der Waals surface area contributed by atoms with Crippen LogP contribution < -0.4 is 9.47 Å². The van der Waals surface area contributed by atoms with Gasteiger partial charge in [-0.05, 0) is 42.0 Å². The molecule has 25 heavy (non-hydrogen) atoms. The molecular weight excluding hydrogens is 320 g/mol. The first-order valence-corrected chi connectivity index (χ1v) is 8.11. The van der Waals surface area contributed by atoms with Crippen molar-refractivity contribution in [1.82, 2.24) is 0 Å². The van der Waals surface area contributed by atoms with Crippen molar-refractivity contribution in [3.05, 3.63) is 41.0 Å². The number of carbonyl (C=O) groups excluding carboxylic acids is 1. The summed E-state index contributed by atoms with van der Waals surface area (Å²) in [5, 5.41) is 10.8. The molecule has 5 heteroatoms. The summed E-state index contributed by atoms with van der Waals surface area (Å²) in [7, 11) is 1.49. The number of rotatable bonds is 6. The SMILES string of the molecule is CCCc1cccc2c(C=C(C)C(=O)O)cc(OC)c(OC(C)=O)c12. The summed E-state index contributed by atoms with van der Waals surface area (Å²) in [6.45, 7) is 4.95. The van der Waals surface area contributed by atoms with Crippen LogP contribution in [0.1, 0.15) is 38.3 Å².